The van der Waals surface area contributed by atoms with Crippen LogP contribution >= 0.6 is 12.4 Å². The van der Waals surface area contributed by atoms with Crippen LogP contribution in [-0.4, -0.2) is 47.4 Å². The van der Waals surface area contributed by atoms with E-state index in [0.717, 1.165) is 36.9 Å². The van der Waals surface area contributed by atoms with Crippen LogP contribution in [0.5, 0.6) is 0 Å². The molecule has 2 heterocycles. The minimum absolute atomic E-state index is 0. The Bertz CT molecular complexity index is 1020. The number of amides is 1. The normalized spacial score (nSPS) is 21.9. The highest BCUT2D eigenvalue weighted by Gasteiger charge is 2.41. The fraction of sp³-hybridized carbons (Fsp3) is 0.345. The Morgan fingerprint density at radius 1 is 0.818 bits per heavy atom. The van der Waals surface area contributed by atoms with E-state index in [9.17, 15) is 4.79 Å². The highest BCUT2D eigenvalue weighted by atomic mass is 35.5. The Morgan fingerprint density at radius 3 is 1.97 bits per heavy atom. The van der Waals surface area contributed by atoms with Gasteiger partial charge in [0.05, 0.1) is 0 Å². The predicted octanol–water partition coefficient (Wildman–Crippen LogP) is 6.09. The molecule has 5 rings (SSSR count). The van der Waals surface area contributed by atoms with Crippen LogP contribution in [0.1, 0.15) is 41.6 Å². The molecule has 3 nitrogen and oxygen atoms in total. The number of benzene rings is 3. The molecule has 2 atom stereocenters. The number of hydrogen-bond donors (Lipinski definition) is 0. The van der Waals surface area contributed by atoms with Gasteiger partial charge in [0.25, 0.3) is 5.91 Å². The first-order chi connectivity index (χ1) is 15.7. The maximum atomic E-state index is 13.7. The predicted molar refractivity (Wildman–Crippen MR) is 138 cm³/mol. The second kappa shape index (κ2) is 10.5. The summed E-state index contributed by atoms with van der Waals surface area (Å²) in [5, 5.41) is 0. The minimum atomic E-state index is 0. The molecule has 0 N–H and O–H groups in total. The maximum absolute atomic E-state index is 13.7. The van der Waals surface area contributed by atoms with E-state index in [1.807, 2.05) is 30.3 Å². The average molecular weight is 461 g/mol. The van der Waals surface area contributed by atoms with Crippen LogP contribution < -0.4 is 0 Å². The molecule has 0 spiro atoms. The van der Waals surface area contributed by atoms with Crippen LogP contribution in [0.4, 0.5) is 0 Å². The fourth-order valence-electron chi connectivity index (χ4n) is 5.58. The summed E-state index contributed by atoms with van der Waals surface area (Å²) in [4.78, 5) is 18.5. The van der Waals surface area contributed by atoms with Crippen LogP contribution in [0.25, 0.3) is 11.1 Å². The van der Waals surface area contributed by atoms with Gasteiger partial charge in [-0.25, -0.2) is 0 Å². The van der Waals surface area contributed by atoms with Gasteiger partial charge in [-0.3, -0.25) is 4.79 Å². The standard InChI is InChI=1S/C29H32N2O.ClH/c1-30-26-16-17-27(30)21-28(20-26)31(19-18-22-8-4-2-5-9-22)29(32)25-14-12-24(13-15-25)23-10-6-3-7-11-23;/h2-15,26-28H,16-21H2,1H3;1H. The van der Waals surface area contributed by atoms with Crippen molar-refractivity contribution in [2.45, 2.75) is 50.2 Å². The van der Waals surface area contributed by atoms with Gasteiger partial charge in [-0.1, -0.05) is 72.8 Å². The molecule has 3 aromatic carbocycles. The van der Waals surface area contributed by atoms with Gasteiger partial charge in [0.15, 0.2) is 0 Å². The molecule has 4 heteroatoms. The number of fused-ring (bicyclic) bond motifs is 2. The maximum Gasteiger partial charge on any atom is 0.254 e. The van der Waals surface area contributed by atoms with Crippen LogP contribution in [0.15, 0.2) is 84.9 Å². The molecule has 2 saturated heterocycles. The lowest BCUT2D eigenvalue weighted by molar-refractivity contribution is 0.0488. The van der Waals surface area contributed by atoms with Crippen molar-refractivity contribution in [1.29, 1.82) is 0 Å². The summed E-state index contributed by atoms with van der Waals surface area (Å²) in [5.74, 6) is 0.175. The molecule has 2 bridgehead atoms. The van der Waals surface area contributed by atoms with E-state index in [1.54, 1.807) is 0 Å². The number of hydrogen-bond acceptors (Lipinski definition) is 2. The van der Waals surface area contributed by atoms with Crippen molar-refractivity contribution in [2.75, 3.05) is 13.6 Å². The molecule has 2 unspecified atom stereocenters. The highest BCUT2D eigenvalue weighted by molar-refractivity contribution is 5.95. The first kappa shape index (κ1) is 23.5. The SMILES string of the molecule is CN1C2CCC1CC(N(CCc1ccccc1)C(=O)c1ccc(-c3ccccc3)cc1)C2.Cl. The van der Waals surface area contributed by atoms with Crippen molar-refractivity contribution in [2.24, 2.45) is 0 Å². The number of piperidine rings is 1. The molecule has 0 aliphatic carbocycles. The third kappa shape index (κ3) is 5.15. The van der Waals surface area contributed by atoms with Gasteiger partial charge < -0.3 is 9.80 Å². The van der Waals surface area contributed by atoms with Crippen molar-refractivity contribution < 1.29 is 4.79 Å². The third-order valence-corrected chi connectivity index (χ3v) is 7.50. The van der Waals surface area contributed by atoms with Gasteiger partial charge >= 0.3 is 0 Å². The van der Waals surface area contributed by atoms with Gasteiger partial charge in [0, 0.05) is 30.2 Å². The van der Waals surface area contributed by atoms with E-state index < -0.39 is 0 Å². The molecule has 2 aliphatic rings. The average Bonchev–Trinajstić information content (AvgIpc) is 3.05. The van der Waals surface area contributed by atoms with E-state index in [4.69, 9.17) is 0 Å². The molecule has 0 saturated carbocycles. The Hall–Kier alpha value is -2.62. The lowest BCUT2D eigenvalue weighted by atomic mass is 9.95. The number of rotatable bonds is 6. The van der Waals surface area contributed by atoms with Gasteiger partial charge in [0.1, 0.15) is 0 Å². The van der Waals surface area contributed by atoms with Crippen LogP contribution in [0.3, 0.4) is 0 Å². The quantitative estimate of drug-likeness (QED) is 0.444. The molecular formula is C29H33ClN2O. The second-order valence-electron chi connectivity index (χ2n) is 9.35. The monoisotopic (exact) mass is 460 g/mol. The van der Waals surface area contributed by atoms with E-state index in [-0.39, 0.29) is 18.3 Å². The van der Waals surface area contributed by atoms with E-state index in [0.29, 0.717) is 18.1 Å². The van der Waals surface area contributed by atoms with Gasteiger partial charge in [-0.05, 0) is 68.0 Å². The Balaban J connectivity index is 0.00000259. The molecule has 1 amide bonds. The summed E-state index contributed by atoms with van der Waals surface area (Å²) in [6.07, 6.45) is 5.62. The van der Waals surface area contributed by atoms with Crippen molar-refractivity contribution >= 4 is 18.3 Å². The van der Waals surface area contributed by atoms with E-state index in [1.165, 1.54) is 24.0 Å². The highest BCUT2D eigenvalue weighted by Crippen LogP contribution is 2.37. The van der Waals surface area contributed by atoms with Crippen molar-refractivity contribution in [1.82, 2.24) is 9.80 Å². The molecule has 172 valence electrons. The summed E-state index contributed by atoms with van der Waals surface area (Å²) < 4.78 is 0. The fourth-order valence-corrected chi connectivity index (χ4v) is 5.58. The summed E-state index contributed by atoms with van der Waals surface area (Å²) in [7, 11) is 2.26. The van der Waals surface area contributed by atoms with E-state index >= 15 is 0 Å². The largest absolute Gasteiger partial charge is 0.335 e. The van der Waals surface area contributed by atoms with Crippen molar-refractivity contribution in [3.05, 3.63) is 96.1 Å². The zero-order valence-electron chi connectivity index (χ0n) is 19.3. The first-order valence-electron chi connectivity index (χ1n) is 11.9. The Morgan fingerprint density at radius 2 is 1.36 bits per heavy atom. The first-order valence-corrected chi connectivity index (χ1v) is 11.9. The second-order valence-corrected chi connectivity index (χ2v) is 9.35. The van der Waals surface area contributed by atoms with Gasteiger partial charge in [-0.2, -0.15) is 0 Å². The topological polar surface area (TPSA) is 23.6 Å². The van der Waals surface area contributed by atoms with Gasteiger partial charge in [-0.15, -0.1) is 12.4 Å². The summed E-state index contributed by atoms with van der Waals surface area (Å²) in [5.41, 5.74) is 4.42. The zero-order chi connectivity index (χ0) is 21.9. The van der Waals surface area contributed by atoms with Crippen molar-refractivity contribution in [3.8, 4) is 11.1 Å². The molecular weight excluding hydrogens is 428 g/mol. The lowest BCUT2D eigenvalue weighted by Crippen LogP contribution is -2.51. The summed E-state index contributed by atoms with van der Waals surface area (Å²) >= 11 is 0. The zero-order valence-corrected chi connectivity index (χ0v) is 20.1. The Kier molecular flexibility index (Phi) is 7.52. The molecule has 3 aromatic rings. The molecule has 0 aromatic heterocycles. The molecule has 33 heavy (non-hydrogen) atoms. The smallest absolute Gasteiger partial charge is 0.254 e. The summed E-state index contributed by atoms with van der Waals surface area (Å²) in [6.45, 7) is 0.775. The van der Waals surface area contributed by atoms with Gasteiger partial charge in [0.2, 0.25) is 0 Å². The van der Waals surface area contributed by atoms with Crippen molar-refractivity contribution in [3.63, 3.8) is 0 Å². The third-order valence-electron chi connectivity index (χ3n) is 7.50. The minimum Gasteiger partial charge on any atom is -0.335 e. The molecule has 2 aliphatic heterocycles. The van der Waals surface area contributed by atoms with Crippen LogP contribution in [0.2, 0.25) is 0 Å². The lowest BCUT2D eigenvalue weighted by Gasteiger charge is -2.42. The molecule has 2 fully saturated rings. The van der Waals surface area contributed by atoms with Crippen LogP contribution in [-0.2, 0) is 6.42 Å². The number of nitrogens with zero attached hydrogens (tertiary/aromatic N) is 2. The van der Waals surface area contributed by atoms with Crippen LogP contribution in [0, 0.1) is 0 Å². The Labute approximate surface area is 203 Å². The van der Waals surface area contributed by atoms with E-state index in [2.05, 4.69) is 71.4 Å². The molecule has 0 radical (unpaired) electrons. The number of halogens is 1. The summed E-state index contributed by atoms with van der Waals surface area (Å²) in [6, 6.07) is 30.6. The number of carbonyl (C=O) groups excluding carboxylic acids is 1. The number of carbonyl (C=O) groups is 1.